The lowest BCUT2D eigenvalue weighted by Crippen LogP contribution is -2.33. The fourth-order valence-corrected chi connectivity index (χ4v) is 1.73. The van der Waals surface area contributed by atoms with Crippen LogP contribution in [0.25, 0.3) is 0 Å². The van der Waals surface area contributed by atoms with Gasteiger partial charge in [-0.3, -0.25) is 0 Å². The number of ether oxygens (including phenoxy) is 1. The van der Waals surface area contributed by atoms with E-state index in [2.05, 4.69) is 15.5 Å². The predicted molar refractivity (Wildman–Crippen MR) is 57.9 cm³/mol. The van der Waals surface area contributed by atoms with Gasteiger partial charge in [-0.2, -0.15) is 5.10 Å². The minimum atomic E-state index is 0.613. The topological polar surface area (TPSA) is 47.0 Å². The Morgan fingerprint density at radius 3 is 3.07 bits per heavy atom. The molecule has 0 amide bonds. The van der Waals surface area contributed by atoms with Crippen molar-refractivity contribution in [2.24, 2.45) is 5.92 Å². The Hall–Kier alpha value is -1.16. The third-order valence-corrected chi connectivity index (χ3v) is 2.64. The molecule has 1 N–H and O–H groups in total. The van der Waals surface area contributed by atoms with Gasteiger partial charge in [0.1, 0.15) is 0 Å². The van der Waals surface area contributed by atoms with Crippen molar-refractivity contribution in [2.75, 3.05) is 19.7 Å². The summed E-state index contributed by atoms with van der Waals surface area (Å²) >= 11 is 0. The first-order chi connectivity index (χ1) is 7.34. The molecule has 0 aliphatic carbocycles. The quantitative estimate of drug-likeness (QED) is 0.808. The molecule has 1 fully saturated rings. The van der Waals surface area contributed by atoms with Gasteiger partial charge in [0, 0.05) is 18.5 Å². The third kappa shape index (κ3) is 3.16. The van der Waals surface area contributed by atoms with Crippen LogP contribution in [0.15, 0.2) is 12.1 Å². The van der Waals surface area contributed by atoms with Gasteiger partial charge < -0.3 is 10.1 Å². The van der Waals surface area contributed by atoms with Crippen LogP contribution in [-0.2, 0) is 0 Å². The summed E-state index contributed by atoms with van der Waals surface area (Å²) in [6, 6.07) is 3.79. The maximum atomic E-state index is 5.59. The van der Waals surface area contributed by atoms with Gasteiger partial charge in [0.2, 0.25) is 5.88 Å². The highest BCUT2D eigenvalue weighted by atomic mass is 16.5. The van der Waals surface area contributed by atoms with E-state index in [9.17, 15) is 0 Å². The molecule has 2 rings (SSSR count). The normalized spacial score (nSPS) is 21.3. The maximum Gasteiger partial charge on any atom is 0.233 e. The molecule has 1 aromatic heterocycles. The number of aryl methyl sites for hydroxylation is 1. The molecule has 2 heterocycles. The summed E-state index contributed by atoms with van der Waals surface area (Å²) in [4.78, 5) is 0. The summed E-state index contributed by atoms with van der Waals surface area (Å²) in [6.45, 7) is 4.85. The molecular weight excluding hydrogens is 190 g/mol. The summed E-state index contributed by atoms with van der Waals surface area (Å²) in [5, 5.41) is 11.3. The van der Waals surface area contributed by atoms with E-state index in [4.69, 9.17) is 4.74 Å². The molecule has 0 spiro atoms. The second-order valence-electron chi connectivity index (χ2n) is 4.04. The molecule has 15 heavy (non-hydrogen) atoms. The minimum Gasteiger partial charge on any atom is -0.476 e. The maximum absolute atomic E-state index is 5.59. The highest BCUT2D eigenvalue weighted by Crippen LogP contribution is 2.12. The van der Waals surface area contributed by atoms with Gasteiger partial charge in [0.05, 0.1) is 12.3 Å². The average Bonchev–Trinajstić information content (AvgIpc) is 2.30. The lowest BCUT2D eigenvalue weighted by atomic mass is 10.0. The third-order valence-electron chi connectivity index (χ3n) is 2.64. The summed E-state index contributed by atoms with van der Waals surface area (Å²) in [6.07, 6.45) is 2.49. The summed E-state index contributed by atoms with van der Waals surface area (Å²) in [5.74, 6) is 1.24. The van der Waals surface area contributed by atoms with E-state index in [1.807, 2.05) is 19.1 Å². The van der Waals surface area contributed by atoms with Crippen molar-refractivity contribution in [3.63, 3.8) is 0 Å². The molecule has 0 bridgehead atoms. The van der Waals surface area contributed by atoms with Crippen LogP contribution in [0.2, 0.25) is 0 Å². The number of hydrogen-bond acceptors (Lipinski definition) is 4. The molecule has 1 saturated heterocycles. The summed E-state index contributed by atoms with van der Waals surface area (Å²) in [7, 11) is 0. The molecule has 1 aliphatic heterocycles. The predicted octanol–water partition coefficient (Wildman–Crippen LogP) is 1.16. The van der Waals surface area contributed by atoms with Crippen LogP contribution in [0.5, 0.6) is 5.88 Å². The van der Waals surface area contributed by atoms with Crippen molar-refractivity contribution in [1.29, 1.82) is 0 Å². The number of aromatic nitrogens is 2. The average molecular weight is 207 g/mol. The highest BCUT2D eigenvalue weighted by Gasteiger charge is 2.13. The van der Waals surface area contributed by atoms with Gasteiger partial charge in [0.15, 0.2) is 0 Å². The van der Waals surface area contributed by atoms with Crippen LogP contribution in [0.4, 0.5) is 0 Å². The van der Waals surface area contributed by atoms with Crippen molar-refractivity contribution in [3.05, 3.63) is 17.8 Å². The Morgan fingerprint density at radius 1 is 1.47 bits per heavy atom. The van der Waals surface area contributed by atoms with E-state index in [1.54, 1.807) is 0 Å². The van der Waals surface area contributed by atoms with Gasteiger partial charge in [-0.25, -0.2) is 0 Å². The molecule has 0 radical (unpaired) electrons. The smallest absolute Gasteiger partial charge is 0.233 e. The van der Waals surface area contributed by atoms with E-state index in [-0.39, 0.29) is 0 Å². The first kappa shape index (κ1) is 10.4. The van der Waals surface area contributed by atoms with E-state index >= 15 is 0 Å². The highest BCUT2D eigenvalue weighted by molar-refractivity contribution is 5.10. The summed E-state index contributed by atoms with van der Waals surface area (Å²) in [5.41, 5.74) is 0.918. The largest absolute Gasteiger partial charge is 0.476 e. The number of rotatable bonds is 3. The first-order valence-electron chi connectivity index (χ1n) is 5.48. The Kier molecular flexibility index (Phi) is 3.50. The Labute approximate surface area is 90.1 Å². The van der Waals surface area contributed by atoms with E-state index < -0.39 is 0 Å². The standard InChI is InChI=1S/C11H17N3O/c1-9-4-5-11(14-13-9)15-8-10-3-2-6-12-7-10/h4-5,10,12H,2-3,6-8H2,1H3/t10-/m0/s1. The molecule has 0 unspecified atom stereocenters. The van der Waals surface area contributed by atoms with Crippen molar-refractivity contribution in [2.45, 2.75) is 19.8 Å². The van der Waals surface area contributed by atoms with Crippen molar-refractivity contribution >= 4 is 0 Å². The first-order valence-corrected chi connectivity index (χ1v) is 5.48. The van der Waals surface area contributed by atoms with Crippen LogP contribution in [-0.4, -0.2) is 29.9 Å². The van der Waals surface area contributed by atoms with Gasteiger partial charge >= 0.3 is 0 Å². The van der Waals surface area contributed by atoms with Crippen LogP contribution in [0.1, 0.15) is 18.5 Å². The second-order valence-corrected chi connectivity index (χ2v) is 4.04. The molecule has 1 aromatic rings. The fraction of sp³-hybridized carbons (Fsp3) is 0.636. The van der Waals surface area contributed by atoms with Crippen molar-refractivity contribution in [3.8, 4) is 5.88 Å². The fourth-order valence-electron chi connectivity index (χ4n) is 1.73. The second kappa shape index (κ2) is 5.07. The zero-order valence-corrected chi connectivity index (χ0v) is 9.07. The van der Waals surface area contributed by atoms with E-state index in [1.165, 1.54) is 12.8 Å². The zero-order chi connectivity index (χ0) is 10.5. The van der Waals surface area contributed by atoms with Crippen LogP contribution >= 0.6 is 0 Å². The minimum absolute atomic E-state index is 0.613. The number of piperidine rings is 1. The van der Waals surface area contributed by atoms with E-state index in [0.29, 0.717) is 11.8 Å². The molecule has 1 atom stereocenters. The SMILES string of the molecule is Cc1ccc(OC[C@H]2CCCNC2)nn1. The zero-order valence-electron chi connectivity index (χ0n) is 9.07. The van der Waals surface area contributed by atoms with Crippen LogP contribution in [0, 0.1) is 12.8 Å². The molecule has 82 valence electrons. The Morgan fingerprint density at radius 2 is 2.40 bits per heavy atom. The van der Waals surface area contributed by atoms with E-state index in [0.717, 1.165) is 25.4 Å². The monoisotopic (exact) mass is 207 g/mol. The van der Waals surface area contributed by atoms with Crippen molar-refractivity contribution in [1.82, 2.24) is 15.5 Å². The van der Waals surface area contributed by atoms with Gasteiger partial charge in [-0.15, -0.1) is 5.10 Å². The number of hydrogen-bond donors (Lipinski definition) is 1. The molecule has 4 heteroatoms. The Bertz CT molecular complexity index is 293. The number of nitrogens with one attached hydrogen (secondary N) is 1. The van der Waals surface area contributed by atoms with Gasteiger partial charge in [-0.1, -0.05) is 0 Å². The van der Waals surface area contributed by atoms with Gasteiger partial charge in [0.25, 0.3) is 0 Å². The van der Waals surface area contributed by atoms with Crippen LogP contribution in [0.3, 0.4) is 0 Å². The van der Waals surface area contributed by atoms with Crippen LogP contribution < -0.4 is 10.1 Å². The molecule has 0 aromatic carbocycles. The van der Waals surface area contributed by atoms with Gasteiger partial charge in [-0.05, 0) is 32.4 Å². The molecular formula is C11H17N3O. The molecule has 4 nitrogen and oxygen atoms in total. The lowest BCUT2D eigenvalue weighted by Gasteiger charge is -2.22. The molecule has 0 saturated carbocycles. The Balaban J connectivity index is 1.79. The number of nitrogens with zero attached hydrogens (tertiary/aromatic N) is 2. The lowest BCUT2D eigenvalue weighted by molar-refractivity contribution is 0.210. The molecule has 1 aliphatic rings. The summed E-state index contributed by atoms with van der Waals surface area (Å²) < 4.78 is 5.59. The van der Waals surface area contributed by atoms with Crippen molar-refractivity contribution < 1.29 is 4.74 Å².